The third kappa shape index (κ3) is 1.07. The lowest BCUT2D eigenvalue weighted by Gasteiger charge is -1.95. The van der Waals surface area contributed by atoms with Crippen molar-refractivity contribution in [2.45, 2.75) is 0 Å². The van der Waals surface area contributed by atoms with Gasteiger partial charge in [0.15, 0.2) is 0 Å². The summed E-state index contributed by atoms with van der Waals surface area (Å²) < 4.78 is 0. The van der Waals surface area contributed by atoms with Crippen molar-refractivity contribution < 1.29 is 0 Å². The summed E-state index contributed by atoms with van der Waals surface area (Å²) in [5.74, 6) is 0. The van der Waals surface area contributed by atoms with Crippen LogP contribution in [0, 0.1) is 6.92 Å². The third-order valence-corrected chi connectivity index (χ3v) is 1.55. The molecule has 2 aromatic rings. The first-order chi connectivity index (χ1) is 5.36. The molecule has 0 bridgehead atoms. The lowest BCUT2D eigenvalue weighted by Crippen LogP contribution is -1.82. The quantitative estimate of drug-likeness (QED) is 0.562. The minimum atomic E-state index is 0.795. The molecule has 2 heteroatoms. The topological polar surface area (TPSA) is 25.8 Å². The Kier molecular flexibility index (Phi) is 1.32. The van der Waals surface area contributed by atoms with Crippen molar-refractivity contribution in [2.24, 2.45) is 0 Å². The summed E-state index contributed by atoms with van der Waals surface area (Å²) in [6.07, 6.45) is 3.52. The molecular formula is C9H7N2. The highest BCUT2D eigenvalue weighted by Crippen LogP contribution is 2.08. The maximum atomic E-state index is 4.22. The van der Waals surface area contributed by atoms with Crippen molar-refractivity contribution in [1.29, 1.82) is 0 Å². The molecule has 11 heavy (non-hydrogen) atoms. The van der Waals surface area contributed by atoms with E-state index in [-0.39, 0.29) is 0 Å². The lowest BCUT2D eigenvalue weighted by molar-refractivity contribution is 1.29. The smallest absolute Gasteiger partial charge is 0.0736 e. The van der Waals surface area contributed by atoms with E-state index in [0.29, 0.717) is 0 Å². The Bertz CT molecular complexity index is 382. The number of hydrogen-bond acceptors (Lipinski definition) is 2. The first-order valence-corrected chi connectivity index (χ1v) is 3.39. The summed E-state index contributed by atoms with van der Waals surface area (Å²) in [6.45, 7) is 3.74. The van der Waals surface area contributed by atoms with Crippen LogP contribution in [0.15, 0.2) is 30.6 Å². The van der Waals surface area contributed by atoms with Gasteiger partial charge in [-0.2, -0.15) is 0 Å². The second-order valence-electron chi connectivity index (χ2n) is 2.37. The van der Waals surface area contributed by atoms with Gasteiger partial charge in [0.05, 0.1) is 5.52 Å². The van der Waals surface area contributed by atoms with Crippen LogP contribution in [0.1, 0.15) is 5.69 Å². The van der Waals surface area contributed by atoms with Crippen molar-refractivity contribution in [1.82, 2.24) is 9.97 Å². The molecule has 0 saturated heterocycles. The van der Waals surface area contributed by atoms with Crippen molar-refractivity contribution in [3.63, 3.8) is 0 Å². The molecular weight excluding hydrogens is 136 g/mol. The van der Waals surface area contributed by atoms with Crippen LogP contribution < -0.4 is 0 Å². The van der Waals surface area contributed by atoms with Gasteiger partial charge in [-0.05, 0) is 25.1 Å². The molecule has 0 spiro atoms. The van der Waals surface area contributed by atoms with Gasteiger partial charge in [0.25, 0.3) is 0 Å². The predicted molar refractivity (Wildman–Crippen MR) is 44.0 cm³/mol. The third-order valence-electron chi connectivity index (χ3n) is 1.55. The fourth-order valence-corrected chi connectivity index (χ4v) is 1.01. The molecule has 0 N–H and O–H groups in total. The Morgan fingerprint density at radius 3 is 3.00 bits per heavy atom. The lowest BCUT2D eigenvalue weighted by atomic mass is 10.2. The van der Waals surface area contributed by atoms with Crippen LogP contribution in [-0.4, -0.2) is 9.97 Å². The highest BCUT2D eigenvalue weighted by molar-refractivity contribution is 5.77. The van der Waals surface area contributed by atoms with Gasteiger partial charge < -0.3 is 0 Å². The highest BCUT2D eigenvalue weighted by atomic mass is 14.7. The highest BCUT2D eigenvalue weighted by Gasteiger charge is 1.91. The Balaban J connectivity index is 2.83. The van der Waals surface area contributed by atoms with Gasteiger partial charge in [0.1, 0.15) is 0 Å². The maximum Gasteiger partial charge on any atom is 0.0736 e. The van der Waals surface area contributed by atoms with E-state index in [0.717, 1.165) is 16.6 Å². The van der Waals surface area contributed by atoms with Crippen LogP contribution >= 0.6 is 0 Å². The number of hydrogen-bond donors (Lipinski definition) is 0. The van der Waals surface area contributed by atoms with Crippen LogP contribution in [0.4, 0.5) is 0 Å². The van der Waals surface area contributed by atoms with Crippen LogP contribution in [0.25, 0.3) is 10.9 Å². The zero-order valence-electron chi connectivity index (χ0n) is 5.99. The summed E-state index contributed by atoms with van der Waals surface area (Å²) in [6, 6.07) is 5.73. The maximum absolute atomic E-state index is 4.22. The number of nitrogens with zero attached hydrogens (tertiary/aromatic N) is 2. The van der Waals surface area contributed by atoms with E-state index in [4.69, 9.17) is 0 Å². The second-order valence-corrected chi connectivity index (χ2v) is 2.37. The molecule has 2 rings (SSSR count). The van der Waals surface area contributed by atoms with E-state index in [1.807, 2.05) is 18.2 Å². The number of pyridine rings is 2. The van der Waals surface area contributed by atoms with E-state index in [1.54, 1.807) is 12.4 Å². The Morgan fingerprint density at radius 2 is 2.09 bits per heavy atom. The van der Waals surface area contributed by atoms with E-state index < -0.39 is 0 Å². The van der Waals surface area contributed by atoms with E-state index >= 15 is 0 Å². The average Bonchev–Trinajstić information content (AvgIpc) is 2.04. The van der Waals surface area contributed by atoms with Gasteiger partial charge in [-0.25, -0.2) is 0 Å². The second kappa shape index (κ2) is 2.31. The van der Waals surface area contributed by atoms with Crippen LogP contribution in [-0.2, 0) is 0 Å². The predicted octanol–water partition coefficient (Wildman–Crippen LogP) is 1.81. The van der Waals surface area contributed by atoms with Gasteiger partial charge in [0.2, 0.25) is 0 Å². The first-order valence-electron chi connectivity index (χ1n) is 3.39. The SMILES string of the molecule is [CH2]c1ccc2cnccc2n1. The largest absolute Gasteiger partial charge is 0.264 e. The molecule has 0 saturated carbocycles. The fourth-order valence-electron chi connectivity index (χ4n) is 1.01. The van der Waals surface area contributed by atoms with Gasteiger partial charge in [-0.15, -0.1) is 0 Å². The summed E-state index contributed by atoms with van der Waals surface area (Å²) in [4.78, 5) is 8.21. The molecule has 0 aliphatic carbocycles. The summed E-state index contributed by atoms with van der Waals surface area (Å²) in [7, 11) is 0. The summed E-state index contributed by atoms with van der Waals surface area (Å²) in [5.41, 5.74) is 1.75. The van der Waals surface area contributed by atoms with Crippen molar-refractivity contribution >= 4 is 10.9 Å². The molecule has 0 fully saturated rings. The molecule has 0 aliphatic heterocycles. The Morgan fingerprint density at radius 1 is 1.18 bits per heavy atom. The Hall–Kier alpha value is -1.44. The monoisotopic (exact) mass is 143 g/mol. The van der Waals surface area contributed by atoms with Crippen LogP contribution in [0.5, 0.6) is 0 Å². The average molecular weight is 143 g/mol. The normalized spacial score (nSPS) is 10.3. The van der Waals surface area contributed by atoms with Gasteiger partial charge >= 0.3 is 0 Å². The number of fused-ring (bicyclic) bond motifs is 1. The molecule has 0 aromatic carbocycles. The van der Waals surface area contributed by atoms with E-state index in [2.05, 4.69) is 16.9 Å². The van der Waals surface area contributed by atoms with Gasteiger partial charge in [0, 0.05) is 23.5 Å². The minimum Gasteiger partial charge on any atom is -0.264 e. The van der Waals surface area contributed by atoms with Crippen molar-refractivity contribution in [2.75, 3.05) is 0 Å². The molecule has 0 unspecified atom stereocenters. The van der Waals surface area contributed by atoms with E-state index in [9.17, 15) is 0 Å². The molecule has 0 atom stereocenters. The molecule has 2 nitrogen and oxygen atoms in total. The van der Waals surface area contributed by atoms with Gasteiger partial charge in [-0.1, -0.05) is 0 Å². The molecule has 0 amide bonds. The summed E-state index contributed by atoms with van der Waals surface area (Å²) >= 11 is 0. The van der Waals surface area contributed by atoms with Crippen LogP contribution in [0.3, 0.4) is 0 Å². The fraction of sp³-hybridized carbons (Fsp3) is 0. The van der Waals surface area contributed by atoms with Crippen molar-refractivity contribution in [3.05, 3.63) is 43.2 Å². The van der Waals surface area contributed by atoms with Crippen LogP contribution in [0.2, 0.25) is 0 Å². The molecule has 1 radical (unpaired) electrons. The van der Waals surface area contributed by atoms with Crippen molar-refractivity contribution in [3.8, 4) is 0 Å². The van der Waals surface area contributed by atoms with Gasteiger partial charge in [-0.3, -0.25) is 9.97 Å². The minimum absolute atomic E-state index is 0.795. The molecule has 53 valence electrons. The molecule has 2 heterocycles. The molecule has 0 aliphatic rings. The zero-order chi connectivity index (χ0) is 7.68. The zero-order valence-corrected chi connectivity index (χ0v) is 5.99. The molecule has 2 aromatic heterocycles. The standard InChI is InChI=1S/C9H7N2/c1-7-2-3-8-6-10-5-4-9(8)11-7/h2-6H,1H2. The summed E-state index contributed by atoms with van der Waals surface area (Å²) in [5, 5.41) is 1.06. The Labute approximate surface area is 64.9 Å². The number of rotatable bonds is 0. The van der Waals surface area contributed by atoms with E-state index in [1.165, 1.54) is 0 Å². The number of aromatic nitrogens is 2. The first kappa shape index (κ1) is 6.28.